The van der Waals surface area contributed by atoms with E-state index in [1.54, 1.807) is 0 Å². The first-order valence-corrected chi connectivity index (χ1v) is 3.38. The SMILES string of the molecule is NC(CO)CS(=O)O. The highest BCUT2D eigenvalue weighted by atomic mass is 32.2. The monoisotopic (exact) mass is 139 g/mol. The molecule has 0 aromatic heterocycles. The molecular formula is C3H9NO3S. The van der Waals surface area contributed by atoms with Gasteiger partial charge in [-0.15, -0.1) is 0 Å². The molecule has 50 valence electrons. The number of hydrogen-bond donors (Lipinski definition) is 3. The molecule has 0 aliphatic rings. The molecule has 0 amide bonds. The van der Waals surface area contributed by atoms with Crippen LogP contribution in [0.25, 0.3) is 0 Å². The van der Waals surface area contributed by atoms with Crippen molar-refractivity contribution in [3.8, 4) is 0 Å². The van der Waals surface area contributed by atoms with E-state index in [4.69, 9.17) is 15.4 Å². The Morgan fingerprint density at radius 3 is 2.38 bits per heavy atom. The molecule has 0 saturated carbocycles. The standard InChI is InChI=1S/C3H9NO3S/c4-3(1-5)2-8(6)7/h3,5H,1-2,4H2,(H,6,7). The van der Waals surface area contributed by atoms with Gasteiger partial charge in [-0.25, -0.2) is 4.21 Å². The van der Waals surface area contributed by atoms with Crippen LogP contribution in [0.3, 0.4) is 0 Å². The summed E-state index contributed by atoms with van der Waals surface area (Å²) in [6.45, 7) is -0.244. The lowest BCUT2D eigenvalue weighted by Gasteiger charge is -2.01. The summed E-state index contributed by atoms with van der Waals surface area (Å²) in [6.07, 6.45) is 0. The van der Waals surface area contributed by atoms with Gasteiger partial charge in [0.1, 0.15) is 0 Å². The number of aliphatic hydroxyl groups is 1. The summed E-state index contributed by atoms with van der Waals surface area (Å²) in [4.78, 5) is 0. The Morgan fingerprint density at radius 2 is 2.25 bits per heavy atom. The Morgan fingerprint density at radius 1 is 1.75 bits per heavy atom. The number of hydrogen-bond acceptors (Lipinski definition) is 3. The average Bonchev–Trinajstić information content (AvgIpc) is 1.65. The minimum absolute atomic E-state index is 0.0590. The fraction of sp³-hybridized carbons (Fsp3) is 1.00. The molecule has 5 heteroatoms. The summed E-state index contributed by atoms with van der Waals surface area (Å²) in [6, 6.07) is -0.569. The van der Waals surface area contributed by atoms with Crippen LogP contribution < -0.4 is 5.73 Å². The lowest BCUT2D eigenvalue weighted by Crippen LogP contribution is -2.30. The van der Waals surface area contributed by atoms with Crippen molar-refractivity contribution in [1.29, 1.82) is 0 Å². The van der Waals surface area contributed by atoms with Gasteiger partial charge in [0.15, 0.2) is 11.1 Å². The van der Waals surface area contributed by atoms with Crippen LogP contribution in [-0.4, -0.2) is 32.3 Å². The van der Waals surface area contributed by atoms with Crippen molar-refractivity contribution in [2.24, 2.45) is 5.73 Å². The van der Waals surface area contributed by atoms with Crippen molar-refractivity contribution in [3.05, 3.63) is 0 Å². The molecule has 0 heterocycles. The van der Waals surface area contributed by atoms with Gasteiger partial charge in [0.25, 0.3) is 0 Å². The number of rotatable bonds is 3. The molecule has 4 N–H and O–H groups in total. The van der Waals surface area contributed by atoms with Crippen molar-refractivity contribution in [2.45, 2.75) is 6.04 Å². The lowest BCUT2D eigenvalue weighted by atomic mass is 10.4. The van der Waals surface area contributed by atoms with Crippen LogP contribution in [0, 0.1) is 0 Å². The zero-order valence-electron chi connectivity index (χ0n) is 4.28. The zero-order valence-corrected chi connectivity index (χ0v) is 5.10. The first-order chi connectivity index (χ1) is 3.66. The molecular weight excluding hydrogens is 130 g/mol. The van der Waals surface area contributed by atoms with Crippen LogP contribution in [0.5, 0.6) is 0 Å². The molecule has 4 nitrogen and oxygen atoms in total. The smallest absolute Gasteiger partial charge is 0.154 e. The summed E-state index contributed by atoms with van der Waals surface area (Å²) in [5.41, 5.74) is 5.07. The maximum Gasteiger partial charge on any atom is 0.154 e. The molecule has 0 radical (unpaired) electrons. The van der Waals surface area contributed by atoms with E-state index in [0.29, 0.717) is 0 Å². The molecule has 2 atom stereocenters. The van der Waals surface area contributed by atoms with Gasteiger partial charge >= 0.3 is 0 Å². The van der Waals surface area contributed by atoms with Crippen LogP contribution in [0.4, 0.5) is 0 Å². The van der Waals surface area contributed by atoms with Crippen LogP contribution in [0.15, 0.2) is 0 Å². The molecule has 8 heavy (non-hydrogen) atoms. The highest BCUT2D eigenvalue weighted by molar-refractivity contribution is 7.79. The van der Waals surface area contributed by atoms with Gasteiger partial charge in [0.2, 0.25) is 0 Å². The minimum Gasteiger partial charge on any atom is -0.395 e. The third-order valence-electron chi connectivity index (χ3n) is 0.591. The fourth-order valence-corrected chi connectivity index (χ4v) is 0.708. The molecule has 2 unspecified atom stereocenters. The van der Waals surface area contributed by atoms with Gasteiger partial charge in [0.05, 0.1) is 12.4 Å². The minimum atomic E-state index is -1.88. The van der Waals surface area contributed by atoms with E-state index < -0.39 is 17.1 Å². The van der Waals surface area contributed by atoms with Crippen LogP contribution in [0.2, 0.25) is 0 Å². The Hall–Kier alpha value is 0.0300. The number of aliphatic hydroxyl groups excluding tert-OH is 1. The van der Waals surface area contributed by atoms with Crippen molar-refractivity contribution in [2.75, 3.05) is 12.4 Å². The third-order valence-corrected chi connectivity index (χ3v) is 1.30. The molecule has 0 saturated heterocycles. The van der Waals surface area contributed by atoms with E-state index in [9.17, 15) is 4.21 Å². The second kappa shape index (κ2) is 3.96. The van der Waals surface area contributed by atoms with E-state index in [1.165, 1.54) is 0 Å². The molecule has 0 aliphatic heterocycles. The lowest BCUT2D eigenvalue weighted by molar-refractivity contribution is 0.274. The van der Waals surface area contributed by atoms with Crippen molar-refractivity contribution < 1.29 is 13.9 Å². The fourth-order valence-electron chi connectivity index (χ4n) is 0.236. The molecule has 0 aromatic carbocycles. The maximum atomic E-state index is 9.89. The second-order valence-electron chi connectivity index (χ2n) is 1.43. The summed E-state index contributed by atoms with van der Waals surface area (Å²) in [7, 11) is 0. The summed E-state index contributed by atoms with van der Waals surface area (Å²) in [5, 5.41) is 8.21. The second-order valence-corrected chi connectivity index (χ2v) is 2.41. The molecule has 0 aliphatic carbocycles. The molecule has 0 rings (SSSR count). The quantitative estimate of drug-likeness (QED) is 0.417. The van der Waals surface area contributed by atoms with Crippen molar-refractivity contribution >= 4 is 11.1 Å². The zero-order chi connectivity index (χ0) is 6.57. The average molecular weight is 139 g/mol. The maximum absolute atomic E-state index is 9.89. The molecule has 0 fully saturated rings. The first-order valence-electron chi connectivity index (χ1n) is 2.10. The molecule has 0 aromatic rings. The van der Waals surface area contributed by atoms with Crippen molar-refractivity contribution in [1.82, 2.24) is 0 Å². The largest absolute Gasteiger partial charge is 0.395 e. The normalized spacial score (nSPS) is 17.9. The summed E-state index contributed by atoms with van der Waals surface area (Å²) < 4.78 is 18.0. The van der Waals surface area contributed by atoms with Crippen LogP contribution in [0.1, 0.15) is 0 Å². The van der Waals surface area contributed by atoms with Crippen LogP contribution >= 0.6 is 0 Å². The summed E-state index contributed by atoms with van der Waals surface area (Å²) in [5.74, 6) is -0.0590. The van der Waals surface area contributed by atoms with Crippen molar-refractivity contribution in [3.63, 3.8) is 0 Å². The Bertz CT molecular complexity index is 86.6. The molecule has 0 bridgehead atoms. The first kappa shape index (κ1) is 8.03. The van der Waals surface area contributed by atoms with Gasteiger partial charge in [-0.2, -0.15) is 0 Å². The molecule has 0 spiro atoms. The highest BCUT2D eigenvalue weighted by Crippen LogP contribution is 1.78. The van der Waals surface area contributed by atoms with E-state index in [1.807, 2.05) is 0 Å². The highest BCUT2D eigenvalue weighted by Gasteiger charge is 2.02. The Balaban J connectivity index is 3.24. The number of nitrogens with two attached hydrogens (primary N) is 1. The van der Waals surface area contributed by atoms with Crippen LogP contribution in [-0.2, 0) is 11.1 Å². The van der Waals surface area contributed by atoms with Gasteiger partial charge < -0.3 is 15.4 Å². The Labute approximate surface area is 50.0 Å². The van der Waals surface area contributed by atoms with E-state index in [2.05, 4.69) is 0 Å². The van der Waals surface area contributed by atoms with Gasteiger partial charge in [-0.05, 0) is 0 Å². The third kappa shape index (κ3) is 4.20. The summed E-state index contributed by atoms with van der Waals surface area (Å²) >= 11 is -1.88. The van der Waals surface area contributed by atoms with E-state index >= 15 is 0 Å². The predicted molar refractivity (Wildman–Crippen MR) is 30.7 cm³/mol. The van der Waals surface area contributed by atoms with E-state index in [-0.39, 0.29) is 12.4 Å². The van der Waals surface area contributed by atoms with Gasteiger partial charge in [-0.1, -0.05) is 0 Å². The predicted octanol–water partition coefficient (Wildman–Crippen LogP) is -1.47. The topological polar surface area (TPSA) is 83.5 Å². The van der Waals surface area contributed by atoms with Gasteiger partial charge in [0, 0.05) is 6.04 Å². The van der Waals surface area contributed by atoms with E-state index in [0.717, 1.165) is 0 Å². The van der Waals surface area contributed by atoms with Gasteiger partial charge in [-0.3, -0.25) is 0 Å². The Kier molecular flexibility index (Phi) is 3.98.